The lowest BCUT2D eigenvalue weighted by Crippen LogP contribution is -2.55. The Morgan fingerprint density at radius 2 is 1.00 bits per heavy atom. The number of quaternary nitrogens is 1. The zero-order chi connectivity index (χ0) is 20.2. The van der Waals surface area contributed by atoms with Gasteiger partial charge in [0, 0.05) is 0 Å². The van der Waals surface area contributed by atoms with Crippen molar-refractivity contribution in [3.8, 4) is 0 Å². The zero-order valence-electron chi connectivity index (χ0n) is 17.8. The van der Waals surface area contributed by atoms with Crippen LogP contribution in [0, 0.1) is 0 Å². The van der Waals surface area contributed by atoms with Crippen LogP contribution in [0.1, 0.15) is 96.8 Å². The van der Waals surface area contributed by atoms with E-state index in [-0.39, 0.29) is 19.8 Å². The first kappa shape index (κ1) is 26.4. The van der Waals surface area contributed by atoms with Crippen molar-refractivity contribution in [2.24, 2.45) is 0 Å². The van der Waals surface area contributed by atoms with Gasteiger partial charge in [-0.1, -0.05) is 84.0 Å². The van der Waals surface area contributed by atoms with Crippen LogP contribution in [0.15, 0.2) is 0 Å². The highest BCUT2D eigenvalue weighted by molar-refractivity contribution is 5.67. The minimum absolute atomic E-state index is 0.0143. The molecule has 0 saturated heterocycles. The molecule has 0 aromatic carbocycles. The minimum atomic E-state index is -0.859. The van der Waals surface area contributed by atoms with Crippen LogP contribution in [0.3, 0.4) is 0 Å². The Hall–Kier alpha value is -0.650. The van der Waals surface area contributed by atoms with Crippen molar-refractivity contribution >= 4 is 5.97 Å². The summed E-state index contributed by atoms with van der Waals surface area (Å²) in [6.45, 7) is 3.72. The van der Waals surface area contributed by atoms with Gasteiger partial charge in [0.15, 0.2) is 6.54 Å². The van der Waals surface area contributed by atoms with Gasteiger partial charge < -0.3 is 19.8 Å². The molecule has 0 atom stereocenters. The third-order valence-corrected chi connectivity index (χ3v) is 5.61. The highest BCUT2D eigenvalue weighted by Gasteiger charge is 2.29. The van der Waals surface area contributed by atoms with E-state index < -0.39 is 5.97 Å². The SMILES string of the molecule is CCCCCCCCCCCCCCCC[N+](CCO)(CCO)CC(=O)O. The predicted molar refractivity (Wildman–Crippen MR) is 112 cm³/mol. The van der Waals surface area contributed by atoms with Gasteiger partial charge in [-0.25, -0.2) is 4.79 Å². The maximum absolute atomic E-state index is 11.1. The molecule has 0 unspecified atom stereocenters. The number of aliphatic carboxylic acids is 1. The van der Waals surface area contributed by atoms with Crippen molar-refractivity contribution in [3.63, 3.8) is 0 Å². The molecule has 3 N–H and O–H groups in total. The highest BCUT2D eigenvalue weighted by atomic mass is 16.4. The molecule has 162 valence electrons. The second kappa shape index (κ2) is 18.7. The van der Waals surface area contributed by atoms with E-state index in [1.165, 1.54) is 77.0 Å². The molecule has 0 amide bonds. The van der Waals surface area contributed by atoms with Crippen molar-refractivity contribution in [2.45, 2.75) is 96.8 Å². The van der Waals surface area contributed by atoms with E-state index >= 15 is 0 Å². The average Bonchev–Trinajstić information content (AvgIpc) is 2.62. The third-order valence-electron chi connectivity index (χ3n) is 5.61. The summed E-state index contributed by atoms with van der Waals surface area (Å²) in [5.41, 5.74) is 0. The molecule has 0 rings (SSSR count). The molecule has 0 bridgehead atoms. The second-order valence-corrected chi connectivity index (χ2v) is 8.11. The fourth-order valence-electron chi connectivity index (χ4n) is 3.93. The van der Waals surface area contributed by atoms with E-state index in [9.17, 15) is 15.0 Å². The van der Waals surface area contributed by atoms with Gasteiger partial charge in [-0.3, -0.25) is 0 Å². The number of carboxylic acids is 1. The van der Waals surface area contributed by atoms with Gasteiger partial charge in [-0.05, 0) is 12.8 Å². The molecule has 5 heteroatoms. The lowest BCUT2D eigenvalue weighted by atomic mass is 10.0. The van der Waals surface area contributed by atoms with E-state index in [0.717, 1.165) is 19.4 Å². The Bertz CT molecular complexity index is 330. The Kier molecular flexibility index (Phi) is 18.3. The summed E-state index contributed by atoms with van der Waals surface area (Å²) in [4.78, 5) is 11.1. The van der Waals surface area contributed by atoms with Crippen molar-refractivity contribution in [1.29, 1.82) is 0 Å². The summed E-state index contributed by atoms with van der Waals surface area (Å²) in [6.07, 6.45) is 18.2. The second-order valence-electron chi connectivity index (χ2n) is 8.11. The molecule has 0 aromatic rings. The Morgan fingerprint density at radius 1 is 0.630 bits per heavy atom. The number of carboxylic acid groups (broad SMARTS) is 1. The first-order valence-electron chi connectivity index (χ1n) is 11.4. The topological polar surface area (TPSA) is 77.8 Å². The van der Waals surface area contributed by atoms with Gasteiger partial charge in [0.1, 0.15) is 13.1 Å². The molecule has 0 aliphatic rings. The summed E-state index contributed by atoms with van der Waals surface area (Å²) >= 11 is 0. The largest absolute Gasteiger partial charge is 0.477 e. The molecule has 0 saturated carbocycles. The number of unbranched alkanes of at least 4 members (excludes halogenated alkanes) is 13. The van der Waals surface area contributed by atoms with Gasteiger partial charge in [0.05, 0.1) is 19.8 Å². The molecule has 0 fully saturated rings. The van der Waals surface area contributed by atoms with E-state index in [2.05, 4.69) is 6.92 Å². The first-order valence-corrected chi connectivity index (χ1v) is 11.4. The fourth-order valence-corrected chi connectivity index (χ4v) is 3.93. The molecule has 0 aliphatic carbocycles. The van der Waals surface area contributed by atoms with Gasteiger partial charge in [-0.2, -0.15) is 0 Å². The molecule has 5 nitrogen and oxygen atoms in total. The molecular formula is C22H46NO4+. The summed E-state index contributed by atoms with van der Waals surface area (Å²) in [5.74, 6) is -0.859. The molecule has 0 spiro atoms. The highest BCUT2D eigenvalue weighted by Crippen LogP contribution is 2.14. The quantitative estimate of drug-likeness (QED) is 0.202. The van der Waals surface area contributed by atoms with Crippen LogP contribution in [-0.2, 0) is 4.79 Å². The molecule has 27 heavy (non-hydrogen) atoms. The Labute approximate surface area is 167 Å². The van der Waals surface area contributed by atoms with Crippen LogP contribution in [0.4, 0.5) is 0 Å². The van der Waals surface area contributed by atoms with Crippen LogP contribution < -0.4 is 0 Å². The number of aliphatic hydroxyl groups is 2. The molecular weight excluding hydrogens is 342 g/mol. The van der Waals surface area contributed by atoms with E-state index in [4.69, 9.17) is 5.11 Å². The maximum Gasteiger partial charge on any atom is 0.359 e. The van der Waals surface area contributed by atoms with Crippen molar-refractivity contribution < 1.29 is 24.6 Å². The van der Waals surface area contributed by atoms with Crippen LogP contribution in [0.2, 0.25) is 0 Å². The van der Waals surface area contributed by atoms with Crippen LogP contribution in [-0.4, -0.2) is 65.2 Å². The molecule has 0 aromatic heterocycles. The van der Waals surface area contributed by atoms with Gasteiger partial charge >= 0.3 is 5.97 Å². The number of aliphatic hydroxyl groups excluding tert-OH is 2. The van der Waals surface area contributed by atoms with Crippen LogP contribution >= 0.6 is 0 Å². The summed E-state index contributed by atoms with van der Waals surface area (Å²) in [6, 6.07) is 0. The molecule has 0 radical (unpaired) electrons. The number of hydrogen-bond donors (Lipinski definition) is 3. The van der Waals surface area contributed by atoms with Gasteiger partial charge in [-0.15, -0.1) is 0 Å². The summed E-state index contributed by atoms with van der Waals surface area (Å²) in [5, 5.41) is 27.7. The number of rotatable bonds is 21. The Morgan fingerprint density at radius 3 is 1.33 bits per heavy atom. The van der Waals surface area contributed by atoms with Crippen LogP contribution in [0.25, 0.3) is 0 Å². The normalized spacial score (nSPS) is 11.8. The zero-order valence-corrected chi connectivity index (χ0v) is 17.8. The summed E-state index contributed by atoms with van der Waals surface area (Å²) < 4.78 is 0.292. The van der Waals surface area contributed by atoms with Crippen LogP contribution in [0.5, 0.6) is 0 Å². The molecule has 0 aliphatic heterocycles. The lowest BCUT2D eigenvalue weighted by molar-refractivity contribution is -0.922. The molecule has 0 heterocycles. The van der Waals surface area contributed by atoms with E-state index in [0.29, 0.717) is 17.6 Å². The van der Waals surface area contributed by atoms with E-state index in [1.807, 2.05) is 0 Å². The standard InChI is InChI=1S/C22H45NO4/c1-2-3-4-5-6-7-8-9-10-11-12-13-14-15-16-23(17-19-24,18-20-25)21-22(26)27/h24-25H,2-21H2,1H3/p+1. The first-order chi connectivity index (χ1) is 13.1. The fraction of sp³-hybridized carbons (Fsp3) is 0.955. The number of carbonyl (C=O) groups is 1. The smallest absolute Gasteiger partial charge is 0.359 e. The van der Waals surface area contributed by atoms with Crippen molar-refractivity contribution in [2.75, 3.05) is 39.4 Å². The van der Waals surface area contributed by atoms with Gasteiger partial charge in [0.2, 0.25) is 0 Å². The Balaban J connectivity index is 3.65. The number of hydrogen-bond acceptors (Lipinski definition) is 3. The van der Waals surface area contributed by atoms with Crippen molar-refractivity contribution in [3.05, 3.63) is 0 Å². The van der Waals surface area contributed by atoms with Gasteiger partial charge in [0.25, 0.3) is 0 Å². The maximum atomic E-state index is 11.1. The monoisotopic (exact) mass is 388 g/mol. The van der Waals surface area contributed by atoms with E-state index in [1.54, 1.807) is 0 Å². The average molecular weight is 389 g/mol. The third kappa shape index (κ3) is 16.0. The number of nitrogens with zero attached hydrogens (tertiary/aromatic N) is 1. The summed E-state index contributed by atoms with van der Waals surface area (Å²) in [7, 11) is 0. The predicted octanol–water partition coefficient (Wildman–Crippen LogP) is 4.35. The minimum Gasteiger partial charge on any atom is -0.477 e. The lowest BCUT2D eigenvalue weighted by Gasteiger charge is -2.36. The van der Waals surface area contributed by atoms with Crippen molar-refractivity contribution in [1.82, 2.24) is 0 Å².